The molecule has 7 heteroatoms. The molecule has 0 saturated heterocycles. The van der Waals surface area contributed by atoms with Gasteiger partial charge < -0.3 is 4.74 Å². The van der Waals surface area contributed by atoms with E-state index in [0.29, 0.717) is 13.0 Å². The summed E-state index contributed by atoms with van der Waals surface area (Å²) in [5, 5.41) is 1.83. The van der Waals surface area contributed by atoms with E-state index in [4.69, 9.17) is 19.7 Å². The summed E-state index contributed by atoms with van der Waals surface area (Å²) in [6, 6.07) is 18.6. The molecule has 0 spiro atoms. The molecule has 0 bridgehead atoms. The van der Waals surface area contributed by atoms with Gasteiger partial charge in [-0.2, -0.15) is 0 Å². The first-order valence-corrected chi connectivity index (χ1v) is 12.4. The van der Waals surface area contributed by atoms with Crippen LogP contribution in [0.15, 0.2) is 64.2 Å². The SMILES string of the molecule is CCOC(C)c1cc(Cc2nc3ccc(Br)cc3s2)nc(SCc2ccccc2)n1. The van der Waals surface area contributed by atoms with Crippen LogP contribution >= 0.6 is 39.0 Å². The lowest BCUT2D eigenvalue weighted by atomic mass is 10.2. The number of benzene rings is 2. The van der Waals surface area contributed by atoms with Gasteiger partial charge in [0.2, 0.25) is 0 Å². The van der Waals surface area contributed by atoms with Crippen molar-refractivity contribution in [1.82, 2.24) is 15.0 Å². The molecule has 0 saturated carbocycles. The molecule has 0 N–H and O–H groups in total. The van der Waals surface area contributed by atoms with Gasteiger partial charge in [0.25, 0.3) is 0 Å². The summed E-state index contributed by atoms with van der Waals surface area (Å²) >= 11 is 6.90. The minimum absolute atomic E-state index is 0.0702. The van der Waals surface area contributed by atoms with Crippen molar-refractivity contribution in [2.75, 3.05) is 6.61 Å². The molecule has 154 valence electrons. The van der Waals surface area contributed by atoms with Crippen molar-refractivity contribution in [3.63, 3.8) is 0 Å². The Hall–Kier alpha value is -1.80. The van der Waals surface area contributed by atoms with E-state index >= 15 is 0 Å². The Morgan fingerprint density at radius 1 is 1.07 bits per heavy atom. The van der Waals surface area contributed by atoms with Crippen LogP contribution in [0.4, 0.5) is 0 Å². The zero-order valence-electron chi connectivity index (χ0n) is 16.8. The fraction of sp³-hybridized carbons (Fsp3) is 0.261. The smallest absolute Gasteiger partial charge is 0.188 e. The van der Waals surface area contributed by atoms with Crippen LogP contribution in [-0.4, -0.2) is 21.6 Å². The first-order valence-electron chi connectivity index (χ1n) is 9.82. The zero-order chi connectivity index (χ0) is 20.9. The average Bonchev–Trinajstić information content (AvgIpc) is 3.14. The second-order valence-electron chi connectivity index (χ2n) is 6.83. The first-order chi connectivity index (χ1) is 14.6. The van der Waals surface area contributed by atoms with Gasteiger partial charge in [-0.3, -0.25) is 0 Å². The van der Waals surface area contributed by atoms with Gasteiger partial charge in [0.05, 0.1) is 32.7 Å². The number of thiazole rings is 1. The predicted molar refractivity (Wildman–Crippen MR) is 128 cm³/mol. The molecule has 1 unspecified atom stereocenters. The van der Waals surface area contributed by atoms with Crippen LogP contribution in [0, 0.1) is 0 Å². The molecule has 2 aromatic heterocycles. The maximum Gasteiger partial charge on any atom is 0.188 e. The number of hydrogen-bond acceptors (Lipinski definition) is 6. The van der Waals surface area contributed by atoms with E-state index in [9.17, 15) is 0 Å². The van der Waals surface area contributed by atoms with Gasteiger partial charge in [-0.15, -0.1) is 11.3 Å². The van der Waals surface area contributed by atoms with Gasteiger partial charge in [-0.05, 0) is 43.7 Å². The van der Waals surface area contributed by atoms with Gasteiger partial charge >= 0.3 is 0 Å². The highest BCUT2D eigenvalue weighted by molar-refractivity contribution is 9.10. The lowest BCUT2D eigenvalue weighted by Gasteiger charge is -2.13. The molecule has 4 aromatic rings. The van der Waals surface area contributed by atoms with Gasteiger partial charge in [-0.1, -0.05) is 58.0 Å². The Labute approximate surface area is 193 Å². The number of thioether (sulfide) groups is 1. The molecule has 0 aliphatic carbocycles. The molecular formula is C23H22BrN3OS2. The molecule has 1 atom stereocenters. The third-order valence-electron chi connectivity index (χ3n) is 4.55. The monoisotopic (exact) mass is 499 g/mol. The van der Waals surface area contributed by atoms with Crippen LogP contribution in [-0.2, 0) is 16.9 Å². The molecule has 0 fully saturated rings. The summed E-state index contributed by atoms with van der Waals surface area (Å²) in [5.41, 5.74) is 4.17. The molecule has 4 nitrogen and oxygen atoms in total. The first kappa shape index (κ1) is 21.4. The quantitative estimate of drug-likeness (QED) is 0.196. The van der Waals surface area contributed by atoms with E-state index in [-0.39, 0.29) is 6.10 Å². The van der Waals surface area contributed by atoms with Gasteiger partial charge in [-0.25, -0.2) is 15.0 Å². The van der Waals surface area contributed by atoms with Crippen molar-refractivity contribution in [2.45, 2.75) is 37.3 Å². The van der Waals surface area contributed by atoms with Crippen molar-refractivity contribution < 1.29 is 4.74 Å². The van der Waals surface area contributed by atoms with Crippen molar-refractivity contribution >= 4 is 49.2 Å². The summed E-state index contributed by atoms with van der Waals surface area (Å²) in [6.07, 6.45) is 0.615. The highest BCUT2D eigenvalue weighted by Gasteiger charge is 2.14. The molecule has 30 heavy (non-hydrogen) atoms. The number of fused-ring (bicyclic) bond motifs is 1. The number of hydrogen-bond donors (Lipinski definition) is 0. The molecule has 0 radical (unpaired) electrons. The molecule has 4 rings (SSSR count). The van der Waals surface area contributed by atoms with Crippen LogP contribution in [0.25, 0.3) is 10.2 Å². The average molecular weight is 500 g/mol. The molecule has 0 amide bonds. The molecule has 0 aliphatic rings. The third kappa shape index (κ3) is 5.46. The van der Waals surface area contributed by atoms with Crippen LogP contribution in [0.2, 0.25) is 0 Å². The fourth-order valence-corrected chi connectivity index (χ4v) is 5.47. The van der Waals surface area contributed by atoms with Crippen molar-refractivity contribution in [3.8, 4) is 0 Å². The minimum atomic E-state index is -0.0702. The highest BCUT2D eigenvalue weighted by atomic mass is 79.9. The van der Waals surface area contributed by atoms with E-state index in [2.05, 4.69) is 52.3 Å². The number of rotatable bonds is 8. The van der Waals surface area contributed by atoms with E-state index in [1.54, 1.807) is 23.1 Å². The summed E-state index contributed by atoms with van der Waals surface area (Å²) in [5.74, 6) is 0.835. The molecule has 0 aliphatic heterocycles. The Morgan fingerprint density at radius 3 is 2.70 bits per heavy atom. The number of aromatic nitrogens is 3. The normalized spacial score (nSPS) is 12.4. The van der Waals surface area contributed by atoms with Gasteiger partial charge in [0.1, 0.15) is 0 Å². The minimum Gasteiger partial charge on any atom is -0.372 e. The van der Waals surface area contributed by atoms with E-state index in [1.807, 2.05) is 32.0 Å². The van der Waals surface area contributed by atoms with E-state index < -0.39 is 0 Å². The summed E-state index contributed by atoms with van der Waals surface area (Å²) in [4.78, 5) is 14.4. The van der Waals surface area contributed by atoms with Crippen molar-refractivity contribution in [3.05, 3.63) is 81.0 Å². The summed E-state index contributed by atoms with van der Waals surface area (Å²) < 4.78 is 8.04. The summed E-state index contributed by atoms with van der Waals surface area (Å²) in [7, 11) is 0. The lowest BCUT2D eigenvalue weighted by molar-refractivity contribution is 0.0727. The van der Waals surface area contributed by atoms with Crippen LogP contribution < -0.4 is 0 Å². The van der Waals surface area contributed by atoms with Crippen LogP contribution in [0.1, 0.15) is 41.9 Å². The largest absolute Gasteiger partial charge is 0.372 e. The van der Waals surface area contributed by atoms with Crippen molar-refractivity contribution in [2.24, 2.45) is 0 Å². The number of nitrogens with zero attached hydrogens (tertiary/aromatic N) is 3. The Bertz CT molecular complexity index is 1130. The standard InChI is InChI=1S/C23H22BrN3OS2/c1-3-28-15(2)20-12-18(13-22-26-19-10-9-17(24)11-21(19)30-22)25-23(27-20)29-14-16-7-5-4-6-8-16/h4-12,15H,3,13-14H2,1-2H3. The molecule has 2 aromatic carbocycles. The second kappa shape index (κ2) is 10.0. The van der Waals surface area contributed by atoms with E-state index in [1.165, 1.54) is 10.3 Å². The lowest BCUT2D eigenvalue weighted by Crippen LogP contribution is -2.06. The fourth-order valence-electron chi connectivity index (χ4n) is 3.09. The van der Waals surface area contributed by atoms with Crippen molar-refractivity contribution in [1.29, 1.82) is 0 Å². The predicted octanol–water partition coefficient (Wildman–Crippen LogP) is 6.83. The maximum absolute atomic E-state index is 5.79. The van der Waals surface area contributed by atoms with E-state index in [0.717, 1.165) is 37.3 Å². The molecule has 2 heterocycles. The third-order valence-corrected chi connectivity index (χ3v) is 6.98. The Kier molecular flexibility index (Phi) is 7.15. The van der Waals surface area contributed by atoms with Crippen LogP contribution in [0.5, 0.6) is 0 Å². The number of halogens is 1. The topological polar surface area (TPSA) is 47.9 Å². The highest BCUT2D eigenvalue weighted by Crippen LogP contribution is 2.28. The van der Waals surface area contributed by atoms with Gasteiger partial charge in [0.15, 0.2) is 5.16 Å². The maximum atomic E-state index is 5.79. The Balaban J connectivity index is 1.60. The van der Waals surface area contributed by atoms with Gasteiger partial charge in [0, 0.05) is 23.3 Å². The zero-order valence-corrected chi connectivity index (χ0v) is 20.1. The second-order valence-corrected chi connectivity index (χ2v) is 9.81. The molecular weight excluding hydrogens is 478 g/mol. The Morgan fingerprint density at radius 2 is 1.90 bits per heavy atom. The van der Waals surface area contributed by atoms with Crippen LogP contribution in [0.3, 0.4) is 0 Å². The number of ether oxygens (including phenoxy) is 1. The summed E-state index contributed by atoms with van der Waals surface area (Å²) in [6.45, 7) is 4.69.